The van der Waals surface area contributed by atoms with Crippen LogP contribution in [0.4, 0.5) is 11.4 Å². The van der Waals surface area contributed by atoms with E-state index in [0.717, 1.165) is 12.1 Å². The summed E-state index contributed by atoms with van der Waals surface area (Å²) in [4.78, 5) is 32.4. The Morgan fingerprint density at radius 1 is 1.38 bits per heavy atom. The fraction of sp³-hybridized carbons (Fsp3) is 0.111. The number of nitro groups is 1. The zero-order chi connectivity index (χ0) is 11.9. The molecule has 1 aromatic carbocycles. The number of fused-ring (bicyclic) bond motifs is 1. The number of carbonyl (C=O) groups is 2. The van der Waals surface area contributed by atoms with E-state index in [0.29, 0.717) is 0 Å². The number of ketones is 1. The first kappa shape index (κ1) is 10.1. The molecule has 0 spiro atoms. The fourth-order valence-corrected chi connectivity index (χ4v) is 1.47. The molecule has 0 bridgehead atoms. The maximum atomic E-state index is 11.3. The van der Waals surface area contributed by atoms with E-state index in [2.05, 4.69) is 5.32 Å². The van der Waals surface area contributed by atoms with E-state index >= 15 is 0 Å². The summed E-state index contributed by atoms with van der Waals surface area (Å²) in [5.41, 5.74) is -0.139. The minimum absolute atomic E-state index is 0.0314. The lowest BCUT2D eigenvalue weighted by Gasteiger charge is -2.05. The van der Waals surface area contributed by atoms with E-state index in [4.69, 9.17) is 4.74 Å². The molecule has 1 amide bonds. The normalized spacial score (nSPS) is 13.3. The Bertz CT molecular complexity index is 523. The summed E-state index contributed by atoms with van der Waals surface area (Å²) in [7, 11) is 1.30. The Labute approximate surface area is 89.2 Å². The maximum absolute atomic E-state index is 11.3. The van der Waals surface area contributed by atoms with E-state index in [1.807, 2.05) is 0 Å². The number of carbonyl (C=O) groups excluding carboxylic acids is 2. The van der Waals surface area contributed by atoms with Gasteiger partial charge in [-0.2, -0.15) is 0 Å². The fourth-order valence-electron chi connectivity index (χ4n) is 1.47. The topological polar surface area (TPSA) is 98.5 Å². The zero-order valence-electron chi connectivity index (χ0n) is 8.14. The van der Waals surface area contributed by atoms with Crippen molar-refractivity contribution in [1.82, 2.24) is 0 Å². The number of hydrogen-bond acceptors (Lipinski definition) is 5. The van der Waals surface area contributed by atoms with Crippen molar-refractivity contribution in [3.63, 3.8) is 0 Å². The molecule has 0 radical (unpaired) electrons. The molecule has 1 aliphatic heterocycles. The Morgan fingerprint density at radius 2 is 2.06 bits per heavy atom. The van der Waals surface area contributed by atoms with Crippen LogP contribution in [-0.4, -0.2) is 23.7 Å². The van der Waals surface area contributed by atoms with E-state index < -0.39 is 16.6 Å². The van der Waals surface area contributed by atoms with Crippen LogP contribution in [0.3, 0.4) is 0 Å². The molecule has 0 unspecified atom stereocenters. The molecule has 2 rings (SSSR count). The summed E-state index contributed by atoms with van der Waals surface area (Å²) in [5.74, 6) is -1.51. The number of amides is 1. The lowest BCUT2D eigenvalue weighted by molar-refractivity contribution is -0.384. The van der Waals surface area contributed by atoms with Crippen LogP contribution in [0.1, 0.15) is 10.4 Å². The summed E-state index contributed by atoms with van der Waals surface area (Å²) in [6, 6.07) is 2.20. The molecule has 1 aromatic rings. The Hall–Kier alpha value is -2.44. The third-order valence-electron chi connectivity index (χ3n) is 2.21. The van der Waals surface area contributed by atoms with E-state index in [1.165, 1.54) is 7.11 Å². The van der Waals surface area contributed by atoms with Gasteiger partial charge in [-0.3, -0.25) is 19.7 Å². The van der Waals surface area contributed by atoms with E-state index in [-0.39, 0.29) is 22.7 Å². The number of hydrogen-bond donors (Lipinski definition) is 1. The van der Waals surface area contributed by atoms with Crippen LogP contribution in [0.25, 0.3) is 0 Å². The van der Waals surface area contributed by atoms with Gasteiger partial charge < -0.3 is 10.1 Å². The molecule has 0 aromatic heterocycles. The van der Waals surface area contributed by atoms with Crippen molar-refractivity contribution in [3.8, 4) is 5.75 Å². The second-order valence-corrected chi connectivity index (χ2v) is 3.11. The SMILES string of the molecule is COc1cc([N+](=O)[O-])cc2c1NC(=O)C2=O. The first-order chi connectivity index (χ1) is 7.54. The highest BCUT2D eigenvalue weighted by Crippen LogP contribution is 2.36. The summed E-state index contributed by atoms with van der Waals surface area (Å²) >= 11 is 0. The van der Waals surface area contributed by atoms with E-state index in [9.17, 15) is 19.7 Å². The van der Waals surface area contributed by atoms with Crippen LogP contribution in [0.2, 0.25) is 0 Å². The van der Waals surface area contributed by atoms with Gasteiger partial charge in [-0.1, -0.05) is 0 Å². The summed E-state index contributed by atoms with van der Waals surface area (Å²) in [6.07, 6.45) is 0. The molecule has 0 saturated carbocycles. The molecule has 0 fully saturated rings. The molecule has 1 heterocycles. The quantitative estimate of drug-likeness (QED) is 0.452. The van der Waals surface area contributed by atoms with E-state index in [1.54, 1.807) is 0 Å². The predicted molar refractivity (Wildman–Crippen MR) is 52.6 cm³/mol. The molecule has 16 heavy (non-hydrogen) atoms. The standard InChI is InChI=1S/C9H6N2O5/c1-16-6-3-4(11(14)15)2-5-7(6)10-9(13)8(5)12/h2-3H,1H3,(H,10,12,13). The Balaban J connectivity index is 2.67. The Kier molecular flexibility index (Phi) is 2.08. The molecular weight excluding hydrogens is 216 g/mol. The van der Waals surface area contributed by atoms with Crippen LogP contribution in [-0.2, 0) is 4.79 Å². The van der Waals surface area contributed by atoms with Gasteiger partial charge >= 0.3 is 0 Å². The number of anilines is 1. The number of nitro benzene ring substituents is 1. The van der Waals surface area contributed by atoms with Crippen molar-refractivity contribution in [1.29, 1.82) is 0 Å². The highest BCUT2D eigenvalue weighted by Gasteiger charge is 2.33. The van der Waals surface area contributed by atoms with Crippen molar-refractivity contribution in [2.75, 3.05) is 12.4 Å². The minimum Gasteiger partial charge on any atom is -0.494 e. The summed E-state index contributed by atoms with van der Waals surface area (Å²) in [5, 5.41) is 12.9. The van der Waals surface area contributed by atoms with Gasteiger partial charge in [0.2, 0.25) is 0 Å². The maximum Gasteiger partial charge on any atom is 0.296 e. The number of methoxy groups -OCH3 is 1. The van der Waals surface area contributed by atoms with Crippen molar-refractivity contribution < 1.29 is 19.2 Å². The predicted octanol–water partition coefficient (Wildman–Crippen LogP) is 0.738. The lowest BCUT2D eigenvalue weighted by atomic mass is 10.1. The van der Waals surface area contributed by atoms with Gasteiger partial charge in [0.25, 0.3) is 17.4 Å². The molecule has 0 atom stereocenters. The van der Waals surface area contributed by atoms with Gasteiger partial charge in [0, 0.05) is 6.07 Å². The lowest BCUT2D eigenvalue weighted by Crippen LogP contribution is -2.12. The minimum atomic E-state index is -0.811. The summed E-state index contributed by atoms with van der Waals surface area (Å²) < 4.78 is 4.87. The molecule has 7 nitrogen and oxygen atoms in total. The number of nitrogens with one attached hydrogen (secondary N) is 1. The summed E-state index contributed by atoms with van der Waals surface area (Å²) in [6.45, 7) is 0. The van der Waals surface area contributed by atoms with Gasteiger partial charge in [-0.05, 0) is 0 Å². The molecule has 7 heteroatoms. The molecule has 1 N–H and O–H groups in total. The van der Waals surface area contributed by atoms with Crippen LogP contribution in [0, 0.1) is 10.1 Å². The molecule has 0 saturated heterocycles. The van der Waals surface area contributed by atoms with Crippen LogP contribution in [0.5, 0.6) is 5.75 Å². The third kappa shape index (κ3) is 1.29. The second-order valence-electron chi connectivity index (χ2n) is 3.11. The van der Waals surface area contributed by atoms with Gasteiger partial charge in [0.15, 0.2) is 0 Å². The van der Waals surface area contributed by atoms with Gasteiger partial charge in [0.1, 0.15) is 5.75 Å². The van der Waals surface area contributed by atoms with Crippen molar-refractivity contribution in [2.24, 2.45) is 0 Å². The smallest absolute Gasteiger partial charge is 0.296 e. The van der Waals surface area contributed by atoms with Crippen molar-refractivity contribution in [2.45, 2.75) is 0 Å². The average Bonchev–Trinajstić information content (AvgIpc) is 2.54. The number of benzene rings is 1. The molecule has 0 aliphatic carbocycles. The van der Waals surface area contributed by atoms with Gasteiger partial charge in [-0.15, -0.1) is 0 Å². The number of non-ortho nitro benzene ring substituents is 1. The van der Waals surface area contributed by atoms with Crippen molar-refractivity contribution in [3.05, 3.63) is 27.8 Å². The van der Waals surface area contributed by atoms with Gasteiger partial charge in [0.05, 0.1) is 29.4 Å². The first-order valence-corrected chi connectivity index (χ1v) is 4.26. The van der Waals surface area contributed by atoms with Crippen LogP contribution in [0.15, 0.2) is 12.1 Å². The van der Waals surface area contributed by atoms with Crippen molar-refractivity contribution >= 4 is 23.1 Å². The third-order valence-corrected chi connectivity index (χ3v) is 2.21. The Morgan fingerprint density at radius 3 is 2.62 bits per heavy atom. The monoisotopic (exact) mass is 222 g/mol. The largest absolute Gasteiger partial charge is 0.494 e. The van der Waals surface area contributed by atoms with Gasteiger partial charge in [-0.25, -0.2) is 0 Å². The zero-order valence-corrected chi connectivity index (χ0v) is 8.14. The molecular formula is C9H6N2O5. The average molecular weight is 222 g/mol. The number of rotatable bonds is 2. The number of ether oxygens (including phenoxy) is 1. The first-order valence-electron chi connectivity index (χ1n) is 4.26. The molecule has 1 aliphatic rings. The number of nitrogens with zero attached hydrogens (tertiary/aromatic N) is 1. The number of Topliss-reactive ketones (excluding diaryl/α,β-unsaturated/α-hetero) is 1. The highest BCUT2D eigenvalue weighted by molar-refractivity contribution is 6.52. The van der Waals surface area contributed by atoms with Crippen LogP contribution < -0.4 is 10.1 Å². The highest BCUT2D eigenvalue weighted by atomic mass is 16.6. The molecule has 82 valence electrons. The second kappa shape index (κ2) is 3.30. The van der Waals surface area contributed by atoms with Crippen LogP contribution >= 0.6 is 0 Å².